The van der Waals surface area contributed by atoms with Gasteiger partial charge in [-0.25, -0.2) is 5.06 Å². The van der Waals surface area contributed by atoms with Gasteiger partial charge in [0.05, 0.1) is 7.11 Å². The monoisotopic (exact) mass is 415 g/mol. The van der Waals surface area contributed by atoms with E-state index in [-0.39, 0.29) is 11.3 Å². The van der Waals surface area contributed by atoms with Crippen molar-refractivity contribution < 1.29 is 14.4 Å². The Morgan fingerprint density at radius 3 is 2.73 bits per heavy atom. The highest BCUT2D eigenvalue weighted by Crippen LogP contribution is 2.67. The predicted molar refractivity (Wildman–Crippen MR) is 118 cm³/mol. The van der Waals surface area contributed by atoms with Crippen molar-refractivity contribution in [3.8, 4) is 0 Å². The highest BCUT2D eigenvalue weighted by Gasteiger charge is 2.59. The average molecular weight is 416 g/mol. The van der Waals surface area contributed by atoms with E-state index in [0.717, 1.165) is 42.9 Å². The van der Waals surface area contributed by atoms with Gasteiger partial charge in [-0.2, -0.15) is 0 Å². The minimum atomic E-state index is 0.0810. The summed E-state index contributed by atoms with van der Waals surface area (Å²) in [5, 5.41) is 1.36. The van der Waals surface area contributed by atoms with E-state index in [4.69, 9.17) is 4.84 Å². The fourth-order valence-corrected chi connectivity index (χ4v) is 8.26. The lowest BCUT2D eigenvalue weighted by Crippen LogP contribution is -2.50. The van der Waals surface area contributed by atoms with Crippen molar-refractivity contribution in [1.82, 2.24) is 5.06 Å². The fraction of sp³-hybridized carbons (Fsp3) is 0.846. The van der Waals surface area contributed by atoms with Gasteiger partial charge in [0.15, 0.2) is 0 Å². The van der Waals surface area contributed by atoms with Gasteiger partial charge in [0.1, 0.15) is 5.78 Å². The maximum Gasteiger partial charge on any atom is 0.245 e. The zero-order valence-electron chi connectivity index (χ0n) is 19.7. The van der Waals surface area contributed by atoms with Crippen LogP contribution in [0.4, 0.5) is 0 Å². The summed E-state index contributed by atoms with van der Waals surface area (Å²) in [6, 6.07) is 0. The van der Waals surface area contributed by atoms with Gasteiger partial charge in [-0.1, -0.05) is 32.4 Å². The molecule has 4 aliphatic carbocycles. The molecule has 3 saturated carbocycles. The van der Waals surface area contributed by atoms with Crippen LogP contribution in [0.5, 0.6) is 0 Å². The van der Waals surface area contributed by atoms with Crippen molar-refractivity contribution in [2.45, 2.75) is 85.0 Å². The maximum atomic E-state index is 12.2. The number of nitrogens with zero attached hydrogens (tertiary/aromatic N) is 1. The third-order valence-electron chi connectivity index (χ3n) is 10.1. The topological polar surface area (TPSA) is 46.6 Å². The molecule has 4 heteroatoms. The standard InChI is InChI=1S/C26H41NO3/c1-17(6-11-24(29)27(4)30-5)21-9-10-22-20-8-7-18-16-19(28)12-14-25(18,2)23(20)13-15-26(21,22)3/h7,17,20-23H,6,8-16H2,1-5H3/t17-,20+,21-,22+,23+,25?,26-/m1/s1. The van der Waals surface area contributed by atoms with Gasteiger partial charge in [-0.15, -0.1) is 0 Å². The van der Waals surface area contributed by atoms with Crippen LogP contribution < -0.4 is 0 Å². The largest absolute Gasteiger partial charge is 0.299 e. The van der Waals surface area contributed by atoms with Gasteiger partial charge in [-0.05, 0) is 85.4 Å². The Kier molecular flexibility index (Phi) is 5.93. The fourth-order valence-electron chi connectivity index (χ4n) is 8.26. The van der Waals surface area contributed by atoms with Crippen LogP contribution in [-0.4, -0.2) is 30.9 Å². The molecule has 3 fully saturated rings. The minimum absolute atomic E-state index is 0.0810. The van der Waals surface area contributed by atoms with Crippen molar-refractivity contribution in [1.29, 1.82) is 0 Å². The van der Waals surface area contributed by atoms with E-state index >= 15 is 0 Å². The van der Waals surface area contributed by atoms with E-state index in [1.54, 1.807) is 14.2 Å². The van der Waals surface area contributed by atoms with E-state index in [9.17, 15) is 9.59 Å². The van der Waals surface area contributed by atoms with Gasteiger partial charge in [0.25, 0.3) is 0 Å². The third kappa shape index (κ3) is 3.47. The predicted octanol–water partition coefficient (Wildman–Crippen LogP) is 5.57. The zero-order chi connectivity index (χ0) is 21.7. The van der Waals surface area contributed by atoms with Crippen LogP contribution in [-0.2, 0) is 14.4 Å². The van der Waals surface area contributed by atoms with Gasteiger partial charge >= 0.3 is 0 Å². The molecule has 0 aromatic heterocycles. The van der Waals surface area contributed by atoms with Crippen LogP contribution in [0.15, 0.2) is 11.6 Å². The average Bonchev–Trinajstić information content (AvgIpc) is 3.09. The molecule has 30 heavy (non-hydrogen) atoms. The SMILES string of the molecule is CON(C)C(=O)CC[C@@H](C)[C@H]1CC[C@H]2[C@@H]3CC=C4CC(=O)CCC4(C)[C@H]3CC[C@]12C. The van der Waals surface area contributed by atoms with Crippen LogP contribution in [0.1, 0.15) is 85.0 Å². The second kappa shape index (κ2) is 8.07. The van der Waals surface area contributed by atoms with Crippen molar-refractivity contribution in [2.24, 2.45) is 40.4 Å². The number of hydrogen-bond acceptors (Lipinski definition) is 3. The summed E-state index contributed by atoms with van der Waals surface area (Å²) in [4.78, 5) is 29.3. The number of hydroxylamine groups is 2. The van der Waals surface area contributed by atoms with Crippen LogP contribution in [0.25, 0.3) is 0 Å². The van der Waals surface area contributed by atoms with Gasteiger partial charge in [-0.3, -0.25) is 14.4 Å². The van der Waals surface area contributed by atoms with Crippen molar-refractivity contribution in [2.75, 3.05) is 14.2 Å². The number of amides is 1. The van der Waals surface area contributed by atoms with Gasteiger partial charge in [0.2, 0.25) is 5.91 Å². The quantitative estimate of drug-likeness (QED) is 0.435. The summed E-state index contributed by atoms with van der Waals surface area (Å²) in [6.07, 6.45) is 13.0. The number of ketones is 1. The molecule has 0 saturated heterocycles. The molecule has 0 bridgehead atoms. The van der Waals surface area contributed by atoms with Crippen LogP contribution in [0, 0.1) is 40.4 Å². The van der Waals surface area contributed by atoms with Crippen LogP contribution in [0.2, 0.25) is 0 Å². The summed E-state index contributed by atoms with van der Waals surface area (Å²) >= 11 is 0. The Bertz CT molecular complexity index is 730. The smallest absolute Gasteiger partial charge is 0.245 e. The molecule has 0 radical (unpaired) electrons. The molecule has 0 spiro atoms. The highest BCUT2D eigenvalue weighted by molar-refractivity contribution is 5.82. The summed E-state index contributed by atoms with van der Waals surface area (Å²) in [6.45, 7) is 7.41. The second-order valence-electron chi connectivity index (χ2n) is 11.3. The summed E-state index contributed by atoms with van der Waals surface area (Å²) in [7, 11) is 3.25. The lowest BCUT2D eigenvalue weighted by Gasteiger charge is -2.58. The van der Waals surface area contributed by atoms with Crippen molar-refractivity contribution in [3.63, 3.8) is 0 Å². The summed E-state index contributed by atoms with van der Waals surface area (Å²) < 4.78 is 0. The number of hydrogen-bond donors (Lipinski definition) is 0. The van der Waals surface area contributed by atoms with Gasteiger partial charge in [0, 0.05) is 26.3 Å². The van der Waals surface area contributed by atoms with E-state index < -0.39 is 0 Å². The highest BCUT2D eigenvalue weighted by atomic mass is 16.7. The first kappa shape index (κ1) is 22.0. The maximum absolute atomic E-state index is 12.2. The second-order valence-corrected chi connectivity index (χ2v) is 11.3. The molecule has 1 amide bonds. The zero-order valence-corrected chi connectivity index (χ0v) is 19.7. The lowest BCUT2D eigenvalue weighted by molar-refractivity contribution is -0.169. The molecule has 1 unspecified atom stereocenters. The van der Waals surface area contributed by atoms with Crippen molar-refractivity contribution in [3.05, 3.63) is 11.6 Å². The van der Waals surface area contributed by atoms with Gasteiger partial charge < -0.3 is 0 Å². The summed E-state index contributed by atoms with van der Waals surface area (Å²) in [5.41, 5.74) is 2.13. The first-order valence-electron chi connectivity index (χ1n) is 12.2. The molecule has 0 aromatic carbocycles. The Balaban J connectivity index is 1.47. The number of carbonyl (C=O) groups is 2. The van der Waals surface area contributed by atoms with E-state index in [1.165, 1.54) is 42.7 Å². The molecule has 4 rings (SSSR count). The Hall–Kier alpha value is -1.16. The summed E-state index contributed by atoms with van der Waals surface area (Å²) in [5.74, 6) is 4.16. The molecular weight excluding hydrogens is 374 g/mol. The number of rotatable bonds is 5. The molecule has 168 valence electrons. The molecule has 0 N–H and O–H groups in total. The number of allylic oxidation sites excluding steroid dienone is 2. The van der Waals surface area contributed by atoms with E-state index in [1.807, 2.05) is 0 Å². The first-order valence-corrected chi connectivity index (χ1v) is 12.2. The molecule has 4 aliphatic rings. The van der Waals surface area contributed by atoms with Crippen LogP contribution >= 0.6 is 0 Å². The molecule has 0 aliphatic heterocycles. The van der Waals surface area contributed by atoms with E-state index in [0.29, 0.717) is 30.0 Å². The molecule has 0 heterocycles. The molecule has 7 atom stereocenters. The van der Waals surface area contributed by atoms with Crippen molar-refractivity contribution >= 4 is 11.7 Å². The van der Waals surface area contributed by atoms with Crippen LogP contribution in [0.3, 0.4) is 0 Å². The Morgan fingerprint density at radius 1 is 1.23 bits per heavy atom. The minimum Gasteiger partial charge on any atom is -0.299 e. The lowest BCUT2D eigenvalue weighted by atomic mass is 9.47. The molecule has 0 aromatic rings. The first-order chi connectivity index (χ1) is 14.2. The normalized spacial score (nSPS) is 41.4. The van der Waals surface area contributed by atoms with E-state index in [2.05, 4.69) is 26.8 Å². The third-order valence-corrected chi connectivity index (χ3v) is 10.1. The number of carbonyl (C=O) groups excluding carboxylic acids is 2. The Morgan fingerprint density at radius 2 is 2.00 bits per heavy atom. The number of fused-ring (bicyclic) bond motifs is 5. The molecule has 4 nitrogen and oxygen atoms in total. The molecular formula is C26H41NO3. The number of Topliss-reactive ketones (excluding diaryl/α,β-unsaturated/α-hetero) is 1. The Labute approximate surface area is 182 Å².